The van der Waals surface area contributed by atoms with Gasteiger partial charge in [0.05, 0.1) is 4.90 Å². The first-order chi connectivity index (χ1) is 9.90. The molecule has 0 spiro atoms. The van der Waals surface area contributed by atoms with Crippen LogP contribution in [0.15, 0.2) is 40.6 Å². The Hall–Kier alpha value is -1.28. The van der Waals surface area contributed by atoms with Gasteiger partial charge in [0.2, 0.25) is 10.0 Å². The average Bonchev–Trinajstić information content (AvgIpc) is 2.90. The highest BCUT2D eigenvalue weighted by molar-refractivity contribution is 7.89. The Bertz CT molecular complexity index is 696. The van der Waals surface area contributed by atoms with Crippen LogP contribution in [0.1, 0.15) is 17.4 Å². The van der Waals surface area contributed by atoms with Crippen LogP contribution < -0.4 is 10.5 Å². The van der Waals surface area contributed by atoms with E-state index < -0.39 is 10.0 Å². The van der Waals surface area contributed by atoms with Crippen LogP contribution in [0, 0.1) is 5.82 Å². The van der Waals surface area contributed by atoms with Gasteiger partial charge in [-0.15, -0.1) is 11.3 Å². The Morgan fingerprint density at radius 1 is 1.33 bits per heavy atom. The molecule has 0 saturated carbocycles. The van der Waals surface area contributed by atoms with Crippen LogP contribution >= 0.6 is 11.3 Å². The molecule has 0 bridgehead atoms. The zero-order valence-corrected chi connectivity index (χ0v) is 13.2. The topological polar surface area (TPSA) is 72.2 Å². The summed E-state index contributed by atoms with van der Waals surface area (Å²) in [4.78, 5) is 1.06. The second kappa shape index (κ2) is 6.65. The number of hydrogen-bond acceptors (Lipinski definition) is 4. The summed E-state index contributed by atoms with van der Waals surface area (Å²) < 4.78 is 39.9. The third-order valence-electron chi connectivity index (χ3n) is 2.95. The summed E-state index contributed by atoms with van der Waals surface area (Å²) in [5.74, 6) is -0.306. The molecule has 0 aliphatic heterocycles. The summed E-state index contributed by atoms with van der Waals surface area (Å²) in [7, 11) is -3.55. The molecule has 0 radical (unpaired) electrons. The smallest absolute Gasteiger partial charge is 0.241 e. The lowest BCUT2D eigenvalue weighted by molar-refractivity contribution is 0.559. The zero-order chi connectivity index (χ0) is 15.5. The number of sulfonamides is 1. The fraction of sp³-hybridized carbons (Fsp3) is 0.286. The fourth-order valence-electron chi connectivity index (χ4n) is 1.96. The summed E-state index contributed by atoms with van der Waals surface area (Å²) >= 11 is 1.32. The highest BCUT2D eigenvalue weighted by Gasteiger charge is 2.19. The lowest BCUT2D eigenvalue weighted by Crippen LogP contribution is -2.33. The van der Waals surface area contributed by atoms with E-state index in [1.165, 1.54) is 23.5 Å². The van der Waals surface area contributed by atoms with E-state index in [9.17, 15) is 12.8 Å². The molecule has 3 N–H and O–H groups in total. The summed E-state index contributed by atoms with van der Waals surface area (Å²) in [6.07, 6.45) is 0.493. The molecule has 2 rings (SSSR count). The van der Waals surface area contributed by atoms with Gasteiger partial charge < -0.3 is 5.73 Å². The lowest BCUT2D eigenvalue weighted by atomic mass is 10.1. The van der Waals surface area contributed by atoms with Crippen LogP contribution in [0.3, 0.4) is 0 Å². The molecular weight excluding hydrogens is 311 g/mol. The molecule has 1 unspecified atom stereocenters. The molecule has 1 atom stereocenters. The van der Waals surface area contributed by atoms with Gasteiger partial charge in [-0.25, -0.2) is 17.5 Å². The normalized spacial score (nSPS) is 13.3. The molecular formula is C14H17FN2O2S2. The van der Waals surface area contributed by atoms with Crippen LogP contribution in [0.5, 0.6) is 0 Å². The van der Waals surface area contributed by atoms with E-state index in [1.54, 1.807) is 30.5 Å². The third-order valence-corrected chi connectivity index (χ3v) is 5.63. The molecule has 4 nitrogen and oxygen atoms in total. The van der Waals surface area contributed by atoms with Crippen molar-refractivity contribution in [3.8, 4) is 0 Å². The van der Waals surface area contributed by atoms with E-state index in [-0.39, 0.29) is 16.8 Å². The second-order valence-corrected chi connectivity index (χ2v) is 7.52. The van der Waals surface area contributed by atoms with Gasteiger partial charge in [-0.3, -0.25) is 0 Å². The SMILES string of the molecule is CC(Cc1ccc(F)cc1)NS(=O)(=O)c1csc(CN)c1. The van der Waals surface area contributed by atoms with Gasteiger partial charge in [-0.05, 0) is 37.1 Å². The highest BCUT2D eigenvalue weighted by Crippen LogP contribution is 2.19. The van der Waals surface area contributed by atoms with Crippen molar-refractivity contribution in [2.24, 2.45) is 5.73 Å². The Morgan fingerprint density at radius 2 is 2.00 bits per heavy atom. The van der Waals surface area contributed by atoms with Gasteiger partial charge in [0.25, 0.3) is 0 Å². The van der Waals surface area contributed by atoms with Crippen LogP contribution in [-0.4, -0.2) is 14.5 Å². The van der Waals surface area contributed by atoms with Gasteiger partial charge in [-0.2, -0.15) is 0 Å². The van der Waals surface area contributed by atoms with E-state index in [4.69, 9.17) is 5.73 Å². The molecule has 0 aliphatic carbocycles. The first kappa shape index (κ1) is 16.1. The first-order valence-corrected chi connectivity index (χ1v) is 8.81. The molecule has 0 aliphatic rings. The minimum absolute atomic E-state index is 0.235. The van der Waals surface area contributed by atoms with Crippen molar-refractivity contribution in [3.05, 3.63) is 52.0 Å². The van der Waals surface area contributed by atoms with Gasteiger partial charge in [0.15, 0.2) is 0 Å². The maximum atomic E-state index is 12.8. The molecule has 2 aromatic rings. The number of halogens is 1. The summed E-state index contributed by atoms with van der Waals surface area (Å²) in [6, 6.07) is 7.32. The number of rotatable bonds is 6. The maximum absolute atomic E-state index is 12.8. The number of nitrogens with two attached hydrogens (primary N) is 1. The van der Waals surface area contributed by atoms with Crippen LogP contribution in [0.4, 0.5) is 4.39 Å². The minimum atomic E-state index is -3.55. The summed E-state index contributed by atoms with van der Waals surface area (Å²) in [5.41, 5.74) is 6.36. The van der Waals surface area contributed by atoms with Gasteiger partial charge >= 0.3 is 0 Å². The van der Waals surface area contributed by atoms with Crippen LogP contribution in [-0.2, 0) is 23.0 Å². The quantitative estimate of drug-likeness (QED) is 0.854. The summed E-state index contributed by atoms with van der Waals surface area (Å²) in [6.45, 7) is 2.10. The minimum Gasteiger partial charge on any atom is -0.326 e. The molecule has 0 fully saturated rings. The number of nitrogens with one attached hydrogen (secondary N) is 1. The molecule has 114 valence electrons. The molecule has 1 heterocycles. The molecule has 0 amide bonds. The third kappa shape index (κ3) is 4.34. The monoisotopic (exact) mass is 328 g/mol. The van der Waals surface area contributed by atoms with Crippen molar-refractivity contribution < 1.29 is 12.8 Å². The predicted octanol–water partition coefficient (Wildman–Crippen LogP) is 2.26. The van der Waals surface area contributed by atoms with Crippen LogP contribution in [0.2, 0.25) is 0 Å². The van der Waals surface area contributed by atoms with Crippen molar-refractivity contribution in [2.75, 3.05) is 0 Å². The first-order valence-electron chi connectivity index (χ1n) is 6.45. The summed E-state index contributed by atoms with van der Waals surface area (Å²) in [5, 5.41) is 1.58. The van der Waals surface area contributed by atoms with Gasteiger partial charge in [-0.1, -0.05) is 12.1 Å². The fourth-order valence-corrected chi connectivity index (χ4v) is 4.36. The standard InChI is InChI=1S/C14H17FN2O2S2/c1-10(6-11-2-4-12(15)5-3-11)17-21(18,19)14-7-13(8-16)20-9-14/h2-5,7,9-10,17H,6,8,16H2,1H3. The number of hydrogen-bond donors (Lipinski definition) is 2. The molecule has 1 aromatic carbocycles. The van der Waals surface area contributed by atoms with Gasteiger partial charge in [0, 0.05) is 22.8 Å². The number of thiophene rings is 1. The number of benzene rings is 1. The molecule has 7 heteroatoms. The Balaban J connectivity index is 2.03. The zero-order valence-electron chi connectivity index (χ0n) is 11.5. The Labute approximate surface area is 127 Å². The van der Waals surface area contributed by atoms with Crippen molar-refractivity contribution in [1.82, 2.24) is 4.72 Å². The molecule has 0 saturated heterocycles. The van der Waals surface area contributed by atoms with E-state index in [0.29, 0.717) is 13.0 Å². The largest absolute Gasteiger partial charge is 0.326 e. The molecule has 21 heavy (non-hydrogen) atoms. The van der Waals surface area contributed by atoms with Crippen molar-refractivity contribution in [1.29, 1.82) is 0 Å². The Morgan fingerprint density at radius 3 is 2.57 bits per heavy atom. The van der Waals surface area contributed by atoms with Crippen LogP contribution in [0.25, 0.3) is 0 Å². The Kier molecular flexibility index (Phi) is 5.10. The lowest BCUT2D eigenvalue weighted by Gasteiger charge is -2.13. The molecule has 1 aromatic heterocycles. The van der Waals surface area contributed by atoms with Crippen molar-refractivity contribution in [2.45, 2.75) is 30.8 Å². The van der Waals surface area contributed by atoms with E-state index >= 15 is 0 Å². The highest BCUT2D eigenvalue weighted by atomic mass is 32.2. The van der Waals surface area contributed by atoms with Gasteiger partial charge in [0.1, 0.15) is 5.82 Å². The average molecular weight is 328 g/mol. The van der Waals surface area contributed by atoms with E-state index in [1.807, 2.05) is 0 Å². The van der Waals surface area contributed by atoms with Crippen molar-refractivity contribution >= 4 is 21.4 Å². The predicted molar refractivity (Wildman–Crippen MR) is 82.1 cm³/mol. The van der Waals surface area contributed by atoms with Crippen molar-refractivity contribution in [3.63, 3.8) is 0 Å². The van der Waals surface area contributed by atoms with E-state index in [2.05, 4.69) is 4.72 Å². The maximum Gasteiger partial charge on any atom is 0.241 e. The van der Waals surface area contributed by atoms with E-state index in [0.717, 1.165) is 10.4 Å². The second-order valence-electron chi connectivity index (χ2n) is 4.81.